The van der Waals surface area contributed by atoms with Crippen molar-refractivity contribution in [2.75, 3.05) is 12.4 Å². The molecule has 0 radical (unpaired) electrons. The van der Waals surface area contributed by atoms with Gasteiger partial charge in [0.15, 0.2) is 5.65 Å². The summed E-state index contributed by atoms with van der Waals surface area (Å²) >= 11 is 0. The predicted octanol–water partition coefficient (Wildman–Crippen LogP) is 2.92. The van der Waals surface area contributed by atoms with Gasteiger partial charge >= 0.3 is 0 Å². The number of nitrogens with zero attached hydrogens (tertiary/aromatic N) is 4. The fraction of sp³-hybridized carbons (Fsp3) is 0.111. The third kappa shape index (κ3) is 2.61. The van der Waals surface area contributed by atoms with Gasteiger partial charge in [0.1, 0.15) is 17.1 Å². The van der Waals surface area contributed by atoms with E-state index in [9.17, 15) is 9.18 Å². The summed E-state index contributed by atoms with van der Waals surface area (Å²) in [6, 6.07) is 11.1. The number of carbonyl (C=O) groups excluding carboxylic acids is 1. The Hall–Kier alpha value is -3.55. The SMILES string of the molecule is COc1ccc(C(=O)Nc2nnc3c4cc(F)ccc4n(C)c3n2)cc1. The number of fused-ring (bicyclic) bond motifs is 3. The molecule has 1 N–H and O–H groups in total. The zero-order valence-corrected chi connectivity index (χ0v) is 14.0. The molecule has 0 fully saturated rings. The van der Waals surface area contributed by atoms with Gasteiger partial charge in [0.2, 0.25) is 0 Å². The Morgan fingerprint density at radius 1 is 1.15 bits per heavy atom. The van der Waals surface area contributed by atoms with Crippen molar-refractivity contribution >= 4 is 33.9 Å². The van der Waals surface area contributed by atoms with Crippen molar-refractivity contribution in [1.29, 1.82) is 0 Å². The van der Waals surface area contributed by atoms with E-state index in [4.69, 9.17) is 4.74 Å². The van der Waals surface area contributed by atoms with Crippen molar-refractivity contribution in [3.8, 4) is 5.75 Å². The van der Waals surface area contributed by atoms with Crippen LogP contribution in [-0.4, -0.2) is 32.8 Å². The first-order chi connectivity index (χ1) is 12.6. The van der Waals surface area contributed by atoms with Gasteiger partial charge in [-0.2, -0.15) is 4.98 Å². The second-order valence-corrected chi connectivity index (χ2v) is 5.71. The van der Waals surface area contributed by atoms with Crippen LogP contribution in [0.4, 0.5) is 10.3 Å². The third-order valence-electron chi connectivity index (χ3n) is 4.14. The molecule has 0 aliphatic heterocycles. The van der Waals surface area contributed by atoms with Crippen LogP contribution in [0.2, 0.25) is 0 Å². The van der Waals surface area contributed by atoms with Gasteiger partial charge in [0.05, 0.1) is 12.6 Å². The van der Waals surface area contributed by atoms with Crippen LogP contribution in [0.25, 0.3) is 22.1 Å². The van der Waals surface area contributed by atoms with E-state index in [1.807, 2.05) is 0 Å². The molecule has 4 rings (SSSR count). The first-order valence-electron chi connectivity index (χ1n) is 7.80. The number of carbonyl (C=O) groups is 1. The number of hydrogen-bond acceptors (Lipinski definition) is 5. The average Bonchev–Trinajstić information content (AvgIpc) is 2.93. The molecule has 0 atom stereocenters. The summed E-state index contributed by atoms with van der Waals surface area (Å²) in [5.41, 5.74) is 2.20. The highest BCUT2D eigenvalue weighted by Gasteiger charge is 2.15. The van der Waals surface area contributed by atoms with Crippen molar-refractivity contribution in [3.05, 3.63) is 53.8 Å². The van der Waals surface area contributed by atoms with E-state index in [2.05, 4.69) is 20.5 Å². The minimum Gasteiger partial charge on any atom is -0.497 e. The quantitative estimate of drug-likeness (QED) is 0.614. The monoisotopic (exact) mass is 351 g/mol. The van der Waals surface area contributed by atoms with E-state index >= 15 is 0 Å². The lowest BCUT2D eigenvalue weighted by atomic mass is 10.2. The Balaban J connectivity index is 1.69. The minimum atomic E-state index is -0.362. The number of aryl methyl sites for hydroxylation is 1. The molecule has 2 aromatic carbocycles. The topological polar surface area (TPSA) is 81.9 Å². The van der Waals surface area contributed by atoms with Crippen molar-refractivity contribution in [2.24, 2.45) is 7.05 Å². The Kier molecular flexibility index (Phi) is 3.72. The smallest absolute Gasteiger partial charge is 0.258 e. The molecular weight excluding hydrogens is 337 g/mol. The molecule has 26 heavy (non-hydrogen) atoms. The van der Waals surface area contributed by atoms with Gasteiger partial charge in [-0.15, -0.1) is 10.2 Å². The zero-order valence-electron chi connectivity index (χ0n) is 14.0. The molecule has 0 bridgehead atoms. The molecule has 0 aliphatic carbocycles. The predicted molar refractivity (Wildman–Crippen MR) is 94.7 cm³/mol. The lowest BCUT2D eigenvalue weighted by molar-refractivity contribution is 0.102. The maximum atomic E-state index is 13.5. The molecule has 0 spiro atoms. The van der Waals surface area contributed by atoms with Crippen molar-refractivity contribution in [1.82, 2.24) is 19.7 Å². The van der Waals surface area contributed by atoms with E-state index in [0.717, 1.165) is 5.52 Å². The van der Waals surface area contributed by atoms with Gasteiger partial charge in [0.25, 0.3) is 11.9 Å². The standard InChI is InChI=1S/C18H14FN5O2/c1-24-14-8-5-11(19)9-13(14)15-16(24)20-18(23-22-15)21-17(25)10-3-6-12(26-2)7-4-10/h3-9H,1-2H3,(H,20,21,23,25). The summed E-state index contributed by atoms with van der Waals surface area (Å²) in [7, 11) is 3.35. The Labute approximate surface area is 147 Å². The molecule has 7 nitrogen and oxygen atoms in total. The fourth-order valence-corrected chi connectivity index (χ4v) is 2.80. The van der Waals surface area contributed by atoms with Crippen LogP contribution in [-0.2, 0) is 7.05 Å². The van der Waals surface area contributed by atoms with Gasteiger partial charge in [-0.3, -0.25) is 10.1 Å². The zero-order chi connectivity index (χ0) is 18.3. The Bertz CT molecular complexity index is 1140. The highest BCUT2D eigenvalue weighted by Crippen LogP contribution is 2.26. The van der Waals surface area contributed by atoms with Crippen molar-refractivity contribution < 1.29 is 13.9 Å². The number of halogens is 1. The summed E-state index contributed by atoms with van der Waals surface area (Å²) in [4.78, 5) is 16.7. The Morgan fingerprint density at radius 3 is 2.65 bits per heavy atom. The van der Waals surface area contributed by atoms with Crippen LogP contribution in [0.3, 0.4) is 0 Å². The number of rotatable bonds is 3. The largest absolute Gasteiger partial charge is 0.497 e. The maximum absolute atomic E-state index is 13.5. The van der Waals surface area contributed by atoms with Gasteiger partial charge in [-0.1, -0.05) is 0 Å². The van der Waals surface area contributed by atoms with Crippen LogP contribution in [0, 0.1) is 5.82 Å². The fourth-order valence-electron chi connectivity index (χ4n) is 2.80. The molecule has 0 saturated heterocycles. The van der Waals surface area contributed by atoms with Gasteiger partial charge in [0, 0.05) is 18.0 Å². The average molecular weight is 351 g/mol. The van der Waals surface area contributed by atoms with E-state index < -0.39 is 0 Å². The highest BCUT2D eigenvalue weighted by molar-refractivity contribution is 6.06. The van der Waals surface area contributed by atoms with Gasteiger partial charge in [-0.25, -0.2) is 4.39 Å². The number of aromatic nitrogens is 4. The number of hydrogen-bond donors (Lipinski definition) is 1. The number of nitrogens with one attached hydrogen (secondary N) is 1. The molecule has 1 amide bonds. The number of benzene rings is 2. The van der Waals surface area contributed by atoms with Crippen LogP contribution < -0.4 is 10.1 Å². The molecule has 2 aromatic heterocycles. The first kappa shape index (κ1) is 15.9. The maximum Gasteiger partial charge on any atom is 0.258 e. The van der Waals surface area contributed by atoms with Gasteiger partial charge in [-0.05, 0) is 42.5 Å². The molecular formula is C18H14FN5O2. The van der Waals surface area contributed by atoms with E-state index in [1.54, 1.807) is 49.1 Å². The Morgan fingerprint density at radius 2 is 1.92 bits per heavy atom. The second-order valence-electron chi connectivity index (χ2n) is 5.71. The summed E-state index contributed by atoms with van der Waals surface area (Å²) in [5, 5.41) is 11.3. The lowest BCUT2D eigenvalue weighted by Crippen LogP contribution is -2.15. The second kappa shape index (κ2) is 6.07. The summed E-state index contributed by atoms with van der Waals surface area (Å²) in [6.45, 7) is 0. The molecule has 0 aliphatic rings. The normalized spacial score (nSPS) is 11.0. The third-order valence-corrected chi connectivity index (χ3v) is 4.14. The van der Waals surface area contributed by atoms with E-state index in [0.29, 0.717) is 27.9 Å². The highest BCUT2D eigenvalue weighted by atomic mass is 19.1. The number of anilines is 1. The van der Waals surface area contributed by atoms with Crippen LogP contribution in [0.5, 0.6) is 5.75 Å². The molecule has 4 aromatic rings. The van der Waals surface area contributed by atoms with Crippen molar-refractivity contribution in [2.45, 2.75) is 0 Å². The molecule has 2 heterocycles. The number of methoxy groups -OCH3 is 1. The summed E-state index contributed by atoms with van der Waals surface area (Å²) < 4.78 is 20.4. The summed E-state index contributed by atoms with van der Waals surface area (Å²) in [6.07, 6.45) is 0. The van der Waals surface area contributed by atoms with Crippen LogP contribution >= 0.6 is 0 Å². The lowest BCUT2D eigenvalue weighted by Gasteiger charge is -2.05. The first-order valence-corrected chi connectivity index (χ1v) is 7.80. The summed E-state index contributed by atoms with van der Waals surface area (Å²) in [5.74, 6) is 0.00983. The molecule has 0 unspecified atom stereocenters. The van der Waals surface area contributed by atoms with Crippen LogP contribution in [0.15, 0.2) is 42.5 Å². The molecule has 130 valence electrons. The van der Waals surface area contributed by atoms with Crippen molar-refractivity contribution in [3.63, 3.8) is 0 Å². The van der Waals surface area contributed by atoms with E-state index in [1.165, 1.54) is 12.1 Å². The number of amides is 1. The minimum absolute atomic E-state index is 0.0738. The van der Waals surface area contributed by atoms with Gasteiger partial charge < -0.3 is 9.30 Å². The number of ether oxygens (including phenoxy) is 1. The van der Waals surface area contributed by atoms with Crippen LogP contribution in [0.1, 0.15) is 10.4 Å². The van der Waals surface area contributed by atoms with E-state index in [-0.39, 0.29) is 17.7 Å². The molecule has 8 heteroatoms. The molecule has 0 saturated carbocycles.